The molecule has 21 heavy (non-hydrogen) atoms. The quantitative estimate of drug-likeness (QED) is 0.864. The minimum Gasteiger partial charge on any atom is -0.565 e. The predicted molar refractivity (Wildman–Crippen MR) is 89.5 cm³/mol. The van der Waals surface area contributed by atoms with E-state index in [2.05, 4.69) is 33.4 Å². The lowest BCUT2D eigenvalue weighted by Gasteiger charge is -2.24. The summed E-state index contributed by atoms with van der Waals surface area (Å²) in [6.45, 7) is 2.36. The van der Waals surface area contributed by atoms with Crippen LogP contribution in [0.5, 0.6) is 11.5 Å². The molecule has 0 saturated heterocycles. The highest BCUT2D eigenvalue weighted by molar-refractivity contribution is 9.10. The largest absolute Gasteiger partial charge is 0.565 e. The van der Waals surface area contributed by atoms with Gasteiger partial charge < -0.3 is 14.7 Å². The van der Waals surface area contributed by atoms with Crippen LogP contribution in [-0.2, 0) is 19.6 Å². The van der Waals surface area contributed by atoms with Crippen LogP contribution in [0.3, 0.4) is 0 Å². The third kappa shape index (κ3) is 3.09. The molecular weight excluding hydrogens is 329 g/mol. The second-order valence-electron chi connectivity index (χ2n) is 5.05. The number of ether oxygens (including phenoxy) is 1. The van der Waals surface area contributed by atoms with Gasteiger partial charge in [0.25, 0.3) is 0 Å². The van der Waals surface area contributed by atoms with E-state index in [9.17, 15) is 0 Å². The van der Waals surface area contributed by atoms with Gasteiger partial charge in [-0.3, -0.25) is 0 Å². The molecule has 0 radical (unpaired) electrons. The molecule has 0 bridgehead atoms. The zero-order chi connectivity index (χ0) is 14.7. The van der Waals surface area contributed by atoms with Crippen molar-refractivity contribution in [2.75, 3.05) is 6.54 Å². The van der Waals surface area contributed by atoms with E-state index in [1.807, 2.05) is 24.3 Å². The van der Waals surface area contributed by atoms with Gasteiger partial charge in [0.2, 0.25) is 0 Å². The minimum atomic E-state index is 0.547. The highest BCUT2D eigenvalue weighted by atomic mass is 79.9. The van der Waals surface area contributed by atoms with E-state index in [1.165, 1.54) is 11.1 Å². The molecule has 0 aliphatic carbocycles. The molecule has 1 aliphatic rings. The summed E-state index contributed by atoms with van der Waals surface area (Å²) in [5, 5.41) is 3.40. The number of halogens is 1. The summed E-state index contributed by atoms with van der Waals surface area (Å²) in [4.78, 5) is 0. The van der Waals surface area contributed by atoms with E-state index in [1.54, 1.807) is 8.05 Å². The van der Waals surface area contributed by atoms with E-state index >= 15 is 0 Å². The molecule has 3 nitrogen and oxygen atoms in total. The van der Waals surface area contributed by atoms with E-state index in [0.717, 1.165) is 41.0 Å². The molecule has 108 valence electrons. The smallest absolute Gasteiger partial charge is 0.322 e. The monoisotopic (exact) mass is 345 g/mol. The van der Waals surface area contributed by atoms with Crippen molar-refractivity contribution in [1.29, 1.82) is 0 Å². The molecule has 1 N–H and O–H groups in total. The minimum absolute atomic E-state index is 0.547. The van der Waals surface area contributed by atoms with Crippen LogP contribution < -0.4 is 14.7 Å². The highest BCUT2D eigenvalue weighted by Crippen LogP contribution is 2.40. The number of fused-ring (bicyclic) bond motifs is 1. The molecule has 3 rings (SSSR count). The van der Waals surface area contributed by atoms with E-state index in [-0.39, 0.29) is 0 Å². The molecule has 0 atom stereocenters. The van der Waals surface area contributed by atoms with Crippen molar-refractivity contribution in [3.63, 3.8) is 0 Å². The Morgan fingerprint density at radius 3 is 2.76 bits per heavy atom. The summed E-state index contributed by atoms with van der Waals surface area (Å²) in [5.74, 6) is 1.63. The second kappa shape index (κ2) is 6.54. The first-order chi connectivity index (χ1) is 10.3. The van der Waals surface area contributed by atoms with Gasteiger partial charge in [0.15, 0.2) is 5.75 Å². The zero-order valence-electron chi connectivity index (χ0n) is 12.0. The van der Waals surface area contributed by atoms with Crippen LogP contribution in [0.2, 0.25) is 0 Å². The molecule has 0 unspecified atom stereocenters. The van der Waals surface area contributed by atoms with Gasteiger partial charge in [0.1, 0.15) is 12.4 Å². The SMILES string of the molecule is BOc1cc(Br)c2c(c1OCc1ccccc1)CNCC2. The molecular formula is C16H17BBrNO2. The molecule has 2 aromatic rings. The fourth-order valence-electron chi connectivity index (χ4n) is 2.62. The van der Waals surface area contributed by atoms with Crippen molar-refractivity contribution < 1.29 is 9.39 Å². The van der Waals surface area contributed by atoms with E-state index < -0.39 is 0 Å². The van der Waals surface area contributed by atoms with Crippen molar-refractivity contribution in [2.45, 2.75) is 19.6 Å². The first kappa shape index (κ1) is 14.5. The summed E-state index contributed by atoms with van der Waals surface area (Å²) in [5.41, 5.74) is 3.67. The van der Waals surface area contributed by atoms with Gasteiger partial charge >= 0.3 is 8.05 Å². The van der Waals surface area contributed by atoms with Gasteiger partial charge in [-0.25, -0.2) is 0 Å². The number of hydrogen-bond acceptors (Lipinski definition) is 3. The predicted octanol–water partition coefficient (Wildman–Crippen LogP) is 2.60. The number of nitrogens with one attached hydrogen (secondary N) is 1. The maximum Gasteiger partial charge on any atom is 0.322 e. The van der Waals surface area contributed by atoms with Gasteiger partial charge in [0, 0.05) is 16.6 Å². The Bertz CT molecular complexity index is 634. The van der Waals surface area contributed by atoms with Crippen LogP contribution in [0.4, 0.5) is 0 Å². The second-order valence-corrected chi connectivity index (χ2v) is 5.90. The van der Waals surface area contributed by atoms with Crippen molar-refractivity contribution >= 4 is 24.0 Å². The molecule has 0 amide bonds. The average molecular weight is 346 g/mol. The van der Waals surface area contributed by atoms with Gasteiger partial charge in [-0.1, -0.05) is 46.3 Å². The Morgan fingerprint density at radius 2 is 2.00 bits per heavy atom. The summed E-state index contributed by atoms with van der Waals surface area (Å²) >= 11 is 3.64. The van der Waals surface area contributed by atoms with Crippen molar-refractivity contribution in [2.24, 2.45) is 0 Å². The molecule has 0 aromatic heterocycles. The fraction of sp³-hybridized carbons (Fsp3) is 0.250. The highest BCUT2D eigenvalue weighted by Gasteiger charge is 2.21. The number of benzene rings is 2. The van der Waals surface area contributed by atoms with Crippen LogP contribution >= 0.6 is 15.9 Å². The Morgan fingerprint density at radius 1 is 1.19 bits per heavy atom. The third-order valence-corrected chi connectivity index (χ3v) is 4.42. The fourth-order valence-corrected chi connectivity index (χ4v) is 3.27. The molecule has 0 spiro atoms. The first-order valence-corrected chi connectivity index (χ1v) is 7.84. The molecule has 1 heterocycles. The lowest BCUT2D eigenvalue weighted by atomic mass is 9.99. The number of hydrogen-bond donors (Lipinski definition) is 1. The molecule has 1 aliphatic heterocycles. The van der Waals surface area contributed by atoms with Crippen LogP contribution in [-0.4, -0.2) is 14.6 Å². The topological polar surface area (TPSA) is 30.5 Å². The Hall–Kier alpha value is -1.46. The zero-order valence-corrected chi connectivity index (χ0v) is 13.6. The maximum atomic E-state index is 6.08. The van der Waals surface area contributed by atoms with E-state index in [4.69, 9.17) is 9.39 Å². The van der Waals surface area contributed by atoms with Crippen molar-refractivity contribution in [3.8, 4) is 11.5 Å². The molecule has 0 fully saturated rings. The third-order valence-electron chi connectivity index (χ3n) is 3.71. The lowest BCUT2D eigenvalue weighted by Crippen LogP contribution is -2.25. The summed E-state index contributed by atoms with van der Waals surface area (Å²) in [7, 11) is 1.68. The first-order valence-electron chi connectivity index (χ1n) is 7.05. The van der Waals surface area contributed by atoms with Gasteiger partial charge in [-0.15, -0.1) is 0 Å². The van der Waals surface area contributed by atoms with Crippen LogP contribution in [0.15, 0.2) is 40.9 Å². The van der Waals surface area contributed by atoms with Crippen molar-refractivity contribution in [3.05, 3.63) is 57.6 Å². The lowest BCUT2D eigenvalue weighted by molar-refractivity contribution is 0.292. The van der Waals surface area contributed by atoms with E-state index in [0.29, 0.717) is 6.61 Å². The number of rotatable bonds is 4. The molecule has 2 aromatic carbocycles. The maximum absolute atomic E-state index is 6.08. The van der Waals surface area contributed by atoms with Gasteiger partial charge in [0.05, 0.1) is 0 Å². The van der Waals surface area contributed by atoms with Crippen LogP contribution in [0.25, 0.3) is 0 Å². The standard InChI is InChI=1S/C16H17BBrNO2/c17-21-15-8-14(18)12-6-7-19-9-13(12)16(15)20-10-11-4-2-1-3-5-11/h1-5,8,19H,6-7,9-10,17H2. The Balaban J connectivity index is 1.92. The molecule has 5 heteroatoms. The summed E-state index contributed by atoms with van der Waals surface area (Å²) in [6.07, 6.45) is 1.00. The molecule has 0 saturated carbocycles. The summed E-state index contributed by atoms with van der Waals surface area (Å²) < 4.78 is 12.7. The Kier molecular flexibility index (Phi) is 4.51. The van der Waals surface area contributed by atoms with Gasteiger partial charge in [-0.05, 0) is 30.2 Å². The van der Waals surface area contributed by atoms with Crippen LogP contribution in [0, 0.1) is 0 Å². The normalized spacial score (nSPS) is 13.6. The Labute approximate surface area is 134 Å². The average Bonchev–Trinajstić information content (AvgIpc) is 2.55. The summed E-state index contributed by atoms with van der Waals surface area (Å²) in [6, 6.07) is 12.2. The van der Waals surface area contributed by atoms with Crippen LogP contribution in [0.1, 0.15) is 16.7 Å². The van der Waals surface area contributed by atoms with Gasteiger partial charge in [-0.2, -0.15) is 0 Å². The van der Waals surface area contributed by atoms with Crippen molar-refractivity contribution in [1.82, 2.24) is 5.32 Å².